The summed E-state index contributed by atoms with van der Waals surface area (Å²) in [6.07, 6.45) is 1.71. The van der Waals surface area contributed by atoms with Gasteiger partial charge in [-0.1, -0.05) is 26.8 Å². The lowest BCUT2D eigenvalue weighted by atomic mass is 9.94. The maximum Gasteiger partial charge on any atom is 0.227 e. The molecule has 27 heavy (non-hydrogen) atoms. The van der Waals surface area contributed by atoms with Crippen molar-refractivity contribution in [2.24, 2.45) is 5.92 Å². The van der Waals surface area contributed by atoms with Crippen LogP contribution in [0.4, 0.5) is 10.1 Å². The Hall–Kier alpha value is -2.70. The van der Waals surface area contributed by atoms with E-state index in [1.54, 1.807) is 25.3 Å². The van der Waals surface area contributed by atoms with Crippen LogP contribution in [0.3, 0.4) is 0 Å². The van der Waals surface area contributed by atoms with Gasteiger partial charge in [0.15, 0.2) is 0 Å². The summed E-state index contributed by atoms with van der Waals surface area (Å²) in [5.41, 5.74) is 0.826. The highest BCUT2D eigenvalue weighted by Gasteiger charge is 2.36. The first-order valence-electron chi connectivity index (χ1n) is 8.94. The molecule has 1 aromatic heterocycles. The van der Waals surface area contributed by atoms with E-state index in [9.17, 15) is 14.0 Å². The first-order valence-corrected chi connectivity index (χ1v) is 8.94. The number of hydrogen-bond acceptors (Lipinski definition) is 4. The number of carbonyl (C=O) groups excluding carboxylic acids is 2. The van der Waals surface area contributed by atoms with Crippen LogP contribution in [0.25, 0.3) is 0 Å². The predicted molar refractivity (Wildman–Crippen MR) is 98.6 cm³/mol. The Morgan fingerprint density at radius 3 is 2.78 bits per heavy atom. The third-order valence-electron chi connectivity index (χ3n) is 4.60. The molecule has 1 aromatic carbocycles. The Morgan fingerprint density at radius 1 is 1.41 bits per heavy atom. The van der Waals surface area contributed by atoms with Crippen LogP contribution in [0.5, 0.6) is 0 Å². The Kier molecular flexibility index (Phi) is 5.04. The van der Waals surface area contributed by atoms with Gasteiger partial charge in [-0.2, -0.15) is 0 Å². The minimum absolute atomic E-state index is 0.0535. The van der Waals surface area contributed by atoms with E-state index >= 15 is 0 Å². The van der Waals surface area contributed by atoms with Gasteiger partial charge in [0, 0.05) is 18.4 Å². The average molecular weight is 373 g/mol. The highest BCUT2D eigenvalue weighted by molar-refractivity contribution is 6.00. The zero-order valence-electron chi connectivity index (χ0n) is 16.0. The summed E-state index contributed by atoms with van der Waals surface area (Å²) in [7, 11) is 0. The fourth-order valence-corrected chi connectivity index (χ4v) is 2.99. The number of aryl methyl sites for hydroxylation is 1. The van der Waals surface area contributed by atoms with Crippen LogP contribution in [0.1, 0.15) is 44.4 Å². The first-order chi connectivity index (χ1) is 12.6. The van der Waals surface area contributed by atoms with Gasteiger partial charge >= 0.3 is 0 Å². The van der Waals surface area contributed by atoms with E-state index in [0.717, 1.165) is 11.3 Å². The van der Waals surface area contributed by atoms with Gasteiger partial charge in [-0.15, -0.1) is 0 Å². The second kappa shape index (κ2) is 7.13. The van der Waals surface area contributed by atoms with E-state index in [4.69, 9.17) is 4.42 Å². The number of aromatic nitrogens is 1. The van der Waals surface area contributed by atoms with Crippen molar-refractivity contribution in [3.63, 3.8) is 0 Å². The molecule has 2 amide bonds. The van der Waals surface area contributed by atoms with Gasteiger partial charge in [-0.3, -0.25) is 9.59 Å². The zero-order valence-corrected chi connectivity index (χ0v) is 16.0. The van der Waals surface area contributed by atoms with Crippen molar-refractivity contribution < 1.29 is 18.4 Å². The van der Waals surface area contributed by atoms with Crippen LogP contribution in [-0.4, -0.2) is 23.3 Å². The van der Waals surface area contributed by atoms with Gasteiger partial charge in [0.1, 0.15) is 11.6 Å². The van der Waals surface area contributed by atoms with Crippen molar-refractivity contribution in [2.45, 2.75) is 46.1 Å². The molecule has 2 heterocycles. The van der Waals surface area contributed by atoms with Gasteiger partial charge in [0.25, 0.3) is 0 Å². The van der Waals surface area contributed by atoms with Gasteiger partial charge < -0.3 is 14.6 Å². The Morgan fingerprint density at radius 2 is 2.15 bits per heavy atom. The molecule has 1 atom stereocenters. The molecule has 0 bridgehead atoms. The highest BCUT2D eigenvalue weighted by Crippen LogP contribution is 2.28. The summed E-state index contributed by atoms with van der Waals surface area (Å²) >= 11 is 0. The van der Waals surface area contributed by atoms with Crippen molar-refractivity contribution in [1.82, 2.24) is 10.3 Å². The number of anilines is 1. The standard InChI is InChI=1S/C20H24FN3O3/c1-12-5-6-15(14(21)7-12)24-11-13(8-18(24)25)19(26)23-10-17-22-9-16(27-17)20(2,3)4/h5-7,9,13H,8,10-11H2,1-4H3,(H,23,26). The molecule has 1 aliphatic rings. The molecule has 0 spiro atoms. The predicted octanol–water partition coefficient (Wildman–Crippen LogP) is 3.09. The van der Waals surface area contributed by atoms with E-state index in [1.165, 1.54) is 11.0 Å². The van der Waals surface area contributed by atoms with Gasteiger partial charge in [-0.05, 0) is 24.6 Å². The number of carbonyl (C=O) groups is 2. The zero-order chi connectivity index (χ0) is 19.8. The molecule has 3 rings (SSSR count). The summed E-state index contributed by atoms with van der Waals surface area (Å²) < 4.78 is 19.8. The van der Waals surface area contributed by atoms with Crippen molar-refractivity contribution in [3.05, 3.63) is 47.4 Å². The maximum atomic E-state index is 14.2. The van der Waals surface area contributed by atoms with Crippen LogP contribution in [-0.2, 0) is 21.5 Å². The van der Waals surface area contributed by atoms with Crippen molar-refractivity contribution in [1.29, 1.82) is 0 Å². The molecule has 2 aromatic rings. The number of nitrogens with one attached hydrogen (secondary N) is 1. The minimum atomic E-state index is -0.532. The molecule has 1 aliphatic heterocycles. The topological polar surface area (TPSA) is 75.4 Å². The minimum Gasteiger partial charge on any atom is -0.443 e. The van der Waals surface area contributed by atoms with Crippen molar-refractivity contribution in [2.75, 3.05) is 11.4 Å². The van der Waals surface area contributed by atoms with Crippen LogP contribution in [0.2, 0.25) is 0 Å². The quantitative estimate of drug-likeness (QED) is 0.894. The lowest BCUT2D eigenvalue weighted by molar-refractivity contribution is -0.126. The average Bonchev–Trinajstić information content (AvgIpc) is 3.19. The lowest BCUT2D eigenvalue weighted by Crippen LogP contribution is -2.33. The molecule has 0 saturated carbocycles. The van der Waals surface area contributed by atoms with Crippen LogP contribution in [0.15, 0.2) is 28.8 Å². The Labute approximate surface area is 157 Å². The molecule has 1 saturated heterocycles. The summed E-state index contributed by atoms with van der Waals surface area (Å²) in [5.74, 6) is -0.366. The number of halogens is 1. The fraction of sp³-hybridized carbons (Fsp3) is 0.450. The molecule has 0 aliphatic carbocycles. The molecule has 7 heteroatoms. The van der Waals surface area contributed by atoms with E-state index in [0.29, 0.717) is 5.89 Å². The molecule has 1 unspecified atom stereocenters. The molecule has 1 N–H and O–H groups in total. The third kappa shape index (κ3) is 4.18. The number of amides is 2. The Bertz CT molecular complexity index is 870. The maximum absolute atomic E-state index is 14.2. The van der Waals surface area contributed by atoms with Crippen molar-refractivity contribution in [3.8, 4) is 0 Å². The number of oxazole rings is 1. The lowest BCUT2D eigenvalue weighted by Gasteiger charge is -2.17. The van der Waals surface area contributed by atoms with E-state index in [2.05, 4.69) is 10.3 Å². The monoisotopic (exact) mass is 373 g/mol. The fourth-order valence-electron chi connectivity index (χ4n) is 2.99. The molecule has 0 radical (unpaired) electrons. The first kappa shape index (κ1) is 19.1. The smallest absolute Gasteiger partial charge is 0.227 e. The number of nitrogens with zero attached hydrogens (tertiary/aromatic N) is 2. The molecule has 1 fully saturated rings. The largest absolute Gasteiger partial charge is 0.443 e. The number of hydrogen-bond donors (Lipinski definition) is 1. The van der Waals surface area contributed by atoms with Crippen molar-refractivity contribution >= 4 is 17.5 Å². The molecular formula is C20H24FN3O3. The summed E-state index contributed by atoms with van der Waals surface area (Å²) in [5, 5.41) is 2.75. The highest BCUT2D eigenvalue weighted by atomic mass is 19.1. The summed E-state index contributed by atoms with van der Waals surface area (Å²) in [6.45, 7) is 8.13. The van der Waals surface area contributed by atoms with E-state index in [1.807, 2.05) is 20.8 Å². The Balaban J connectivity index is 1.61. The number of rotatable bonds is 4. The second-order valence-electron chi connectivity index (χ2n) is 7.95. The number of benzene rings is 1. The summed E-state index contributed by atoms with van der Waals surface area (Å²) in [4.78, 5) is 30.2. The molecule has 6 nitrogen and oxygen atoms in total. The van der Waals surface area contributed by atoms with Crippen LogP contribution in [0, 0.1) is 18.7 Å². The third-order valence-corrected chi connectivity index (χ3v) is 4.60. The van der Waals surface area contributed by atoms with E-state index in [-0.39, 0.29) is 42.4 Å². The molecular weight excluding hydrogens is 349 g/mol. The van der Waals surface area contributed by atoms with Gasteiger partial charge in [0.2, 0.25) is 17.7 Å². The normalized spacial score (nSPS) is 17.4. The van der Waals surface area contributed by atoms with Crippen LogP contribution >= 0.6 is 0 Å². The molecule has 144 valence electrons. The second-order valence-corrected chi connectivity index (χ2v) is 7.95. The van der Waals surface area contributed by atoms with Gasteiger partial charge in [0.05, 0.1) is 24.3 Å². The SMILES string of the molecule is Cc1ccc(N2CC(C(=O)NCc3ncc(C(C)(C)C)o3)CC2=O)c(F)c1. The van der Waals surface area contributed by atoms with Gasteiger partial charge in [-0.25, -0.2) is 9.37 Å². The summed E-state index contributed by atoms with van der Waals surface area (Å²) in [6, 6.07) is 4.70. The van der Waals surface area contributed by atoms with Crippen LogP contribution < -0.4 is 10.2 Å². The van der Waals surface area contributed by atoms with E-state index < -0.39 is 11.7 Å².